The molecule has 8 heteroatoms. The zero-order chi connectivity index (χ0) is 17.8. The predicted octanol–water partition coefficient (Wildman–Crippen LogP) is 1.81. The van der Waals surface area contributed by atoms with E-state index in [1.807, 2.05) is 31.2 Å². The number of hydrogen-bond donors (Lipinski definition) is 2. The number of nitrogens with zero attached hydrogens (tertiary/aromatic N) is 3. The van der Waals surface area contributed by atoms with Crippen molar-refractivity contribution < 1.29 is 8.42 Å². The van der Waals surface area contributed by atoms with Gasteiger partial charge in [-0.2, -0.15) is 0 Å². The lowest BCUT2D eigenvalue weighted by Gasteiger charge is -2.19. The molecule has 1 aromatic carbocycles. The van der Waals surface area contributed by atoms with Gasteiger partial charge in [-0.25, -0.2) is 23.1 Å². The largest absolute Gasteiger partial charge is 0.382 e. The van der Waals surface area contributed by atoms with E-state index in [4.69, 9.17) is 5.73 Å². The van der Waals surface area contributed by atoms with Crippen molar-refractivity contribution in [3.05, 3.63) is 30.1 Å². The van der Waals surface area contributed by atoms with Crippen molar-refractivity contribution in [2.24, 2.45) is 0 Å². The lowest BCUT2D eigenvalue weighted by Crippen LogP contribution is -2.39. The fourth-order valence-electron chi connectivity index (χ4n) is 3.48. The molecule has 1 saturated carbocycles. The first kappa shape index (κ1) is 16.3. The third kappa shape index (κ3) is 2.85. The summed E-state index contributed by atoms with van der Waals surface area (Å²) in [4.78, 5) is 9.14. The Morgan fingerprint density at radius 1 is 1.28 bits per heavy atom. The summed E-state index contributed by atoms with van der Waals surface area (Å²) in [7, 11) is -3.27. The SMILES string of the molecule is CCc1nc2c(N)nc3ccccc3c2n1CC1(NS(C)(=O)=O)CC1. The normalized spacial score (nSPS) is 16.6. The molecule has 0 bridgehead atoms. The third-order valence-corrected chi connectivity index (χ3v) is 5.53. The Labute approximate surface area is 146 Å². The van der Waals surface area contributed by atoms with Gasteiger partial charge in [0.15, 0.2) is 5.82 Å². The Bertz CT molecular complexity index is 1080. The Kier molecular flexibility index (Phi) is 3.52. The minimum absolute atomic E-state index is 0.406. The van der Waals surface area contributed by atoms with Gasteiger partial charge in [-0.1, -0.05) is 25.1 Å². The van der Waals surface area contributed by atoms with E-state index in [0.29, 0.717) is 17.9 Å². The van der Waals surface area contributed by atoms with Crippen molar-refractivity contribution in [2.75, 3.05) is 12.0 Å². The first-order valence-electron chi connectivity index (χ1n) is 8.34. The fourth-order valence-corrected chi connectivity index (χ4v) is 4.54. The summed E-state index contributed by atoms with van der Waals surface area (Å²) in [5.41, 5.74) is 8.15. The molecule has 2 aromatic heterocycles. The molecule has 3 N–H and O–H groups in total. The van der Waals surface area contributed by atoms with Crippen molar-refractivity contribution in [1.82, 2.24) is 19.3 Å². The lowest BCUT2D eigenvalue weighted by molar-refractivity contribution is 0.484. The Hall–Kier alpha value is -2.19. The van der Waals surface area contributed by atoms with Crippen LogP contribution in [0.4, 0.5) is 5.82 Å². The molecular formula is C17H21N5O2S. The van der Waals surface area contributed by atoms with Crippen molar-refractivity contribution in [1.29, 1.82) is 0 Å². The van der Waals surface area contributed by atoms with Crippen LogP contribution >= 0.6 is 0 Å². The van der Waals surface area contributed by atoms with Crippen molar-refractivity contribution in [3.8, 4) is 0 Å². The molecule has 0 aliphatic heterocycles. The molecule has 4 rings (SSSR count). The smallest absolute Gasteiger partial charge is 0.209 e. The molecule has 3 aromatic rings. The average molecular weight is 359 g/mol. The first-order valence-corrected chi connectivity index (χ1v) is 10.2. The number of nitrogen functional groups attached to an aromatic ring is 1. The molecule has 0 saturated heterocycles. The number of sulfonamides is 1. The van der Waals surface area contributed by atoms with Crippen LogP contribution in [0.2, 0.25) is 0 Å². The molecule has 0 amide bonds. The monoisotopic (exact) mass is 359 g/mol. The van der Waals surface area contributed by atoms with Crippen molar-refractivity contribution in [3.63, 3.8) is 0 Å². The highest BCUT2D eigenvalue weighted by Crippen LogP contribution is 2.40. The van der Waals surface area contributed by atoms with Crippen LogP contribution in [-0.2, 0) is 23.0 Å². The number of aryl methyl sites for hydroxylation is 1. The van der Waals surface area contributed by atoms with Gasteiger partial charge in [0.2, 0.25) is 10.0 Å². The van der Waals surface area contributed by atoms with Gasteiger partial charge in [-0.3, -0.25) is 0 Å². The fraction of sp³-hybridized carbons (Fsp3) is 0.412. The first-order chi connectivity index (χ1) is 11.8. The number of imidazole rings is 1. The molecule has 132 valence electrons. The van der Waals surface area contributed by atoms with Crippen LogP contribution in [0.25, 0.3) is 21.9 Å². The number of pyridine rings is 1. The molecule has 0 radical (unpaired) electrons. The van der Waals surface area contributed by atoms with Gasteiger partial charge in [-0.15, -0.1) is 0 Å². The molecule has 0 atom stereocenters. The number of nitrogens with one attached hydrogen (secondary N) is 1. The minimum Gasteiger partial charge on any atom is -0.382 e. The third-order valence-electron chi connectivity index (χ3n) is 4.72. The minimum atomic E-state index is -3.27. The van der Waals surface area contributed by atoms with Gasteiger partial charge in [0.25, 0.3) is 0 Å². The summed E-state index contributed by atoms with van der Waals surface area (Å²) in [5.74, 6) is 1.30. The quantitative estimate of drug-likeness (QED) is 0.723. The van der Waals surface area contributed by atoms with E-state index in [0.717, 1.165) is 41.5 Å². The topological polar surface area (TPSA) is 103 Å². The number of fused-ring (bicyclic) bond motifs is 3. The molecule has 2 heterocycles. The lowest BCUT2D eigenvalue weighted by atomic mass is 10.1. The molecule has 25 heavy (non-hydrogen) atoms. The molecule has 1 aliphatic rings. The number of anilines is 1. The van der Waals surface area contributed by atoms with Gasteiger partial charge >= 0.3 is 0 Å². The second-order valence-corrected chi connectivity index (χ2v) is 8.58. The summed E-state index contributed by atoms with van der Waals surface area (Å²) < 4.78 is 28.4. The Balaban J connectivity index is 1.93. The van der Waals surface area contributed by atoms with Gasteiger partial charge in [0.05, 0.1) is 22.8 Å². The summed E-state index contributed by atoms with van der Waals surface area (Å²) in [6.07, 6.45) is 3.58. The molecule has 0 spiro atoms. The van der Waals surface area contributed by atoms with E-state index in [1.54, 1.807) is 0 Å². The van der Waals surface area contributed by atoms with Gasteiger partial charge < -0.3 is 10.3 Å². The maximum absolute atomic E-state index is 11.7. The van der Waals surface area contributed by atoms with E-state index in [-0.39, 0.29) is 0 Å². The van der Waals surface area contributed by atoms with Crippen LogP contribution in [0.1, 0.15) is 25.6 Å². The van der Waals surface area contributed by atoms with E-state index in [1.165, 1.54) is 6.26 Å². The van der Waals surface area contributed by atoms with Gasteiger partial charge in [0, 0.05) is 18.4 Å². The molecular weight excluding hydrogens is 338 g/mol. The Morgan fingerprint density at radius 3 is 2.64 bits per heavy atom. The average Bonchev–Trinajstić information content (AvgIpc) is 3.17. The van der Waals surface area contributed by atoms with E-state index < -0.39 is 15.6 Å². The van der Waals surface area contributed by atoms with E-state index >= 15 is 0 Å². The number of rotatable bonds is 5. The molecule has 0 unspecified atom stereocenters. The zero-order valence-electron chi connectivity index (χ0n) is 14.3. The zero-order valence-corrected chi connectivity index (χ0v) is 15.1. The van der Waals surface area contributed by atoms with Crippen molar-refractivity contribution in [2.45, 2.75) is 38.3 Å². The van der Waals surface area contributed by atoms with Crippen molar-refractivity contribution >= 4 is 37.8 Å². The van der Waals surface area contributed by atoms with E-state index in [9.17, 15) is 8.42 Å². The highest BCUT2D eigenvalue weighted by Gasteiger charge is 2.46. The standard InChI is InChI=1S/C17H21N5O2S/c1-3-13-20-14-15(11-6-4-5-7-12(11)19-16(14)18)22(13)10-17(8-9-17)21-25(2,23)24/h4-7,21H,3,8-10H2,1-2H3,(H2,18,19). The summed E-state index contributed by atoms with van der Waals surface area (Å²) in [6.45, 7) is 2.58. The van der Waals surface area contributed by atoms with Crippen LogP contribution in [0.15, 0.2) is 24.3 Å². The number of para-hydroxylation sites is 1. The second-order valence-electron chi connectivity index (χ2n) is 6.83. The highest BCUT2D eigenvalue weighted by atomic mass is 32.2. The number of aromatic nitrogens is 3. The van der Waals surface area contributed by atoms with Gasteiger partial charge in [-0.05, 0) is 18.9 Å². The van der Waals surface area contributed by atoms with Crippen LogP contribution < -0.4 is 10.5 Å². The highest BCUT2D eigenvalue weighted by molar-refractivity contribution is 7.88. The number of benzene rings is 1. The Morgan fingerprint density at radius 2 is 2.00 bits per heavy atom. The van der Waals surface area contributed by atoms with Crippen LogP contribution in [-0.4, -0.2) is 34.7 Å². The summed E-state index contributed by atoms with van der Waals surface area (Å²) in [5, 5.41) is 0.981. The van der Waals surface area contributed by atoms with Crippen LogP contribution in [0.3, 0.4) is 0 Å². The van der Waals surface area contributed by atoms with Crippen LogP contribution in [0, 0.1) is 0 Å². The molecule has 1 fully saturated rings. The number of hydrogen-bond acceptors (Lipinski definition) is 5. The summed E-state index contributed by atoms with van der Waals surface area (Å²) in [6, 6.07) is 7.82. The molecule has 1 aliphatic carbocycles. The second kappa shape index (κ2) is 5.40. The molecule has 7 nitrogen and oxygen atoms in total. The predicted molar refractivity (Wildman–Crippen MR) is 98.8 cm³/mol. The van der Waals surface area contributed by atoms with Crippen LogP contribution in [0.5, 0.6) is 0 Å². The van der Waals surface area contributed by atoms with Gasteiger partial charge in [0.1, 0.15) is 11.3 Å². The van der Waals surface area contributed by atoms with E-state index in [2.05, 4.69) is 19.3 Å². The summed E-state index contributed by atoms with van der Waals surface area (Å²) >= 11 is 0. The number of nitrogens with two attached hydrogens (primary N) is 1. The maximum atomic E-state index is 11.7. The maximum Gasteiger partial charge on any atom is 0.209 e.